The van der Waals surface area contributed by atoms with Gasteiger partial charge in [0.15, 0.2) is 0 Å². The summed E-state index contributed by atoms with van der Waals surface area (Å²) in [6, 6.07) is 0. The van der Waals surface area contributed by atoms with E-state index < -0.39 is 0 Å². The van der Waals surface area contributed by atoms with Gasteiger partial charge in [-0.2, -0.15) is 12.6 Å². The topological polar surface area (TPSA) is 0 Å². The average Bonchev–Trinajstić information content (AvgIpc) is 2.14. The molecule has 13 heavy (non-hydrogen) atoms. The largest absolute Gasteiger partial charge is 0.168 e. The van der Waals surface area contributed by atoms with Gasteiger partial charge in [-0.3, -0.25) is 0 Å². The third-order valence-corrected chi connectivity index (χ3v) is 3.47. The van der Waals surface area contributed by atoms with Crippen LogP contribution < -0.4 is 0 Å². The van der Waals surface area contributed by atoms with E-state index in [0.717, 1.165) is 0 Å². The zero-order chi connectivity index (χ0) is 9.57. The molecule has 0 fully saturated rings. The number of allylic oxidation sites excluding steroid dienone is 1. The second-order valence-electron chi connectivity index (χ2n) is 4.21. The van der Waals surface area contributed by atoms with Crippen molar-refractivity contribution in [2.75, 3.05) is 0 Å². The quantitative estimate of drug-likeness (QED) is 0.378. The van der Waals surface area contributed by atoms with Crippen LogP contribution in [-0.4, -0.2) is 4.75 Å². The van der Waals surface area contributed by atoms with Crippen molar-refractivity contribution in [3.05, 3.63) is 12.2 Å². The van der Waals surface area contributed by atoms with Gasteiger partial charge in [-0.05, 0) is 25.7 Å². The standard InChI is InChI=1S/C12H22S/c1-2-3-4-6-9-12(13)10-7-5-8-11-12/h7,10,13H,2-6,8-9,11H2,1H3/t12-/m0/s1. The van der Waals surface area contributed by atoms with Crippen LogP contribution in [0.1, 0.15) is 58.3 Å². The summed E-state index contributed by atoms with van der Waals surface area (Å²) in [5.41, 5.74) is 0. The Morgan fingerprint density at radius 2 is 2.15 bits per heavy atom. The van der Waals surface area contributed by atoms with E-state index >= 15 is 0 Å². The Bertz CT molecular complexity index is 163. The van der Waals surface area contributed by atoms with Crippen LogP contribution in [0.15, 0.2) is 12.2 Å². The summed E-state index contributed by atoms with van der Waals surface area (Å²) in [4.78, 5) is 0. The van der Waals surface area contributed by atoms with E-state index in [1.807, 2.05) is 0 Å². The minimum atomic E-state index is 0.242. The van der Waals surface area contributed by atoms with Crippen LogP contribution >= 0.6 is 12.6 Å². The van der Waals surface area contributed by atoms with Crippen molar-refractivity contribution < 1.29 is 0 Å². The lowest BCUT2D eigenvalue weighted by Crippen LogP contribution is -2.20. The first-order valence-corrected chi connectivity index (χ1v) is 6.12. The first-order valence-electron chi connectivity index (χ1n) is 5.67. The van der Waals surface area contributed by atoms with Gasteiger partial charge in [-0.15, -0.1) is 0 Å². The molecule has 1 aliphatic carbocycles. The number of thiol groups is 1. The zero-order valence-electron chi connectivity index (χ0n) is 8.76. The highest BCUT2D eigenvalue weighted by Gasteiger charge is 2.22. The molecule has 1 rings (SSSR count). The van der Waals surface area contributed by atoms with Crippen LogP contribution in [0.3, 0.4) is 0 Å². The first-order chi connectivity index (χ1) is 6.27. The SMILES string of the molecule is CCCCCC[C@]1(S)C=CCCC1. The van der Waals surface area contributed by atoms with Crippen molar-refractivity contribution in [3.8, 4) is 0 Å². The first kappa shape index (κ1) is 11.2. The molecule has 76 valence electrons. The van der Waals surface area contributed by atoms with Crippen LogP contribution in [0.4, 0.5) is 0 Å². The Balaban J connectivity index is 2.18. The lowest BCUT2D eigenvalue weighted by molar-refractivity contribution is 0.512. The fraction of sp³-hybridized carbons (Fsp3) is 0.833. The lowest BCUT2D eigenvalue weighted by atomic mass is 9.90. The molecule has 0 aromatic heterocycles. The lowest BCUT2D eigenvalue weighted by Gasteiger charge is -2.27. The van der Waals surface area contributed by atoms with Crippen LogP contribution in [0.2, 0.25) is 0 Å². The van der Waals surface area contributed by atoms with Gasteiger partial charge in [0.05, 0.1) is 0 Å². The molecular formula is C12H22S. The molecule has 0 saturated heterocycles. The Hall–Kier alpha value is 0.0900. The molecule has 0 aromatic carbocycles. The molecule has 0 nitrogen and oxygen atoms in total. The molecule has 0 unspecified atom stereocenters. The summed E-state index contributed by atoms with van der Waals surface area (Å²) < 4.78 is 0.242. The summed E-state index contributed by atoms with van der Waals surface area (Å²) >= 11 is 4.77. The zero-order valence-corrected chi connectivity index (χ0v) is 9.65. The predicted molar refractivity (Wildman–Crippen MR) is 63.5 cm³/mol. The highest BCUT2D eigenvalue weighted by atomic mass is 32.1. The fourth-order valence-electron chi connectivity index (χ4n) is 1.98. The molecular weight excluding hydrogens is 176 g/mol. The number of hydrogen-bond acceptors (Lipinski definition) is 1. The van der Waals surface area contributed by atoms with E-state index in [0.29, 0.717) is 0 Å². The summed E-state index contributed by atoms with van der Waals surface area (Å²) in [5, 5.41) is 0. The molecule has 1 heteroatoms. The van der Waals surface area contributed by atoms with Gasteiger partial charge in [-0.1, -0.05) is 44.8 Å². The van der Waals surface area contributed by atoms with Crippen molar-refractivity contribution in [2.45, 2.75) is 63.0 Å². The van der Waals surface area contributed by atoms with Gasteiger partial charge in [0.2, 0.25) is 0 Å². The van der Waals surface area contributed by atoms with E-state index in [9.17, 15) is 0 Å². The Kier molecular flexibility index (Phi) is 4.93. The second kappa shape index (κ2) is 5.74. The van der Waals surface area contributed by atoms with Crippen LogP contribution in [0.25, 0.3) is 0 Å². The van der Waals surface area contributed by atoms with E-state index in [2.05, 4.69) is 19.1 Å². The van der Waals surface area contributed by atoms with E-state index in [-0.39, 0.29) is 4.75 Å². The van der Waals surface area contributed by atoms with E-state index in [1.165, 1.54) is 51.4 Å². The average molecular weight is 198 g/mol. The van der Waals surface area contributed by atoms with Crippen LogP contribution in [-0.2, 0) is 0 Å². The summed E-state index contributed by atoms with van der Waals surface area (Å²) in [5.74, 6) is 0. The molecule has 0 spiro atoms. The van der Waals surface area contributed by atoms with Gasteiger partial charge in [-0.25, -0.2) is 0 Å². The summed E-state index contributed by atoms with van der Waals surface area (Å²) in [6.45, 7) is 2.26. The minimum Gasteiger partial charge on any atom is -0.168 e. The predicted octanol–water partition coefficient (Wildman–Crippen LogP) is 4.37. The second-order valence-corrected chi connectivity index (χ2v) is 5.10. The molecule has 0 aliphatic heterocycles. The maximum atomic E-state index is 4.77. The van der Waals surface area contributed by atoms with Gasteiger partial charge < -0.3 is 0 Å². The molecule has 0 N–H and O–H groups in total. The van der Waals surface area contributed by atoms with Crippen molar-refractivity contribution in [3.63, 3.8) is 0 Å². The Morgan fingerprint density at radius 3 is 2.77 bits per heavy atom. The third kappa shape index (κ3) is 4.21. The van der Waals surface area contributed by atoms with Crippen molar-refractivity contribution in [1.29, 1.82) is 0 Å². The molecule has 0 bridgehead atoms. The Morgan fingerprint density at radius 1 is 1.31 bits per heavy atom. The van der Waals surface area contributed by atoms with Crippen LogP contribution in [0.5, 0.6) is 0 Å². The van der Waals surface area contributed by atoms with Crippen molar-refractivity contribution in [1.82, 2.24) is 0 Å². The van der Waals surface area contributed by atoms with Gasteiger partial charge in [0.25, 0.3) is 0 Å². The van der Waals surface area contributed by atoms with Gasteiger partial charge in [0, 0.05) is 4.75 Å². The van der Waals surface area contributed by atoms with Crippen molar-refractivity contribution >= 4 is 12.6 Å². The molecule has 0 aromatic rings. The van der Waals surface area contributed by atoms with Gasteiger partial charge in [0.1, 0.15) is 0 Å². The maximum Gasteiger partial charge on any atom is 0.0308 e. The Labute approximate surface area is 88.2 Å². The molecule has 0 amide bonds. The molecule has 0 heterocycles. The third-order valence-electron chi connectivity index (χ3n) is 2.87. The smallest absolute Gasteiger partial charge is 0.0308 e. The fourth-order valence-corrected chi connectivity index (χ4v) is 2.40. The molecule has 0 saturated carbocycles. The summed E-state index contributed by atoms with van der Waals surface area (Å²) in [6.07, 6.45) is 15.2. The molecule has 1 aliphatic rings. The highest BCUT2D eigenvalue weighted by molar-refractivity contribution is 7.82. The summed E-state index contributed by atoms with van der Waals surface area (Å²) in [7, 11) is 0. The monoisotopic (exact) mass is 198 g/mol. The van der Waals surface area contributed by atoms with Crippen molar-refractivity contribution in [2.24, 2.45) is 0 Å². The number of hydrogen-bond donors (Lipinski definition) is 1. The van der Waals surface area contributed by atoms with E-state index in [4.69, 9.17) is 12.6 Å². The minimum absolute atomic E-state index is 0.242. The molecule has 1 atom stereocenters. The maximum absolute atomic E-state index is 4.77. The van der Waals surface area contributed by atoms with Gasteiger partial charge >= 0.3 is 0 Å². The van der Waals surface area contributed by atoms with E-state index in [1.54, 1.807) is 0 Å². The number of rotatable bonds is 5. The van der Waals surface area contributed by atoms with Crippen LogP contribution in [0, 0.1) is 0 Å². The molecule has 0 radical (unpaired) electrons. The highest BCUT2D eigenvalue weighted by Crippen LogP contribution is 2.33. The number of unbranched alkanes of at least 4 members (excludes halogenated alkanes) is 3. The normalized spacial score (nSPS) is 27.8.